The van der Waals surface area contributed by atoms with Gasteiger partial charge in [-0.1, -0.05) is 42.5 Å². The third-order valence-electron chi connectivity index (χ3n) is 8.20. The zero-order valence-corrected chi connectivity index (χ0v) is 24.5. The first-order valence-corrected chi connectivity index (χ1v) is 14.5. The first-order chi connectivity index (χ1) is 19.5. The number of aromatic amines is 1. The smallest absolute Gasteiger partial charge is 0.329 e. The summed E-state index contributed by atoms with van der Waals surface area (Å²) >= 11 is 0. The molecule has 1 saturated heterocycles. The number of fused-ring (bicyclic) bond motifs is 2. The fourth-order valence-corrected chi connectivity index (χ4v) is 6.09. The summed E-state index contributed by atoms with van der Waals surface area (Å²) in [5, 5.41) is 4.05. The molecular weight excluding hydrogens is 518 g/mol. The topological polar surface area (TPSA) is 101 Å². The van der Waals surface area contributed by atoms with Gasteiger partial charge in [-0.3, -0.25) is 9.59 Å². The van der Waals surface area contributed by atoms with Crippen molar-refractivity contribution in [2.45, 2.75) is 77.0 Å². The van der Waals surface area contributed by atoms with E-state index in [4.69, 9.17) is 9.47 Å². The van der Waals surface area contributed by atoms with Crippen LogP contribution in [-0.4, -0.2) is 65.6 Å². The van der Waals surface area contributed by atoms with Crippen LogP contribution in [0.25, 0.3) is 10.9 Å². The second-order valence-corrected chi connectivity index (χ2v) is 12.7. The molecule has 0 bridgehead atoms. The quantitative estimate of drug-likeness (QED) is 0.398. The molecule has 0 saturated carbocycles. The molecule has 3 aromatic rings. The highest BCUT2D eigenvalue weighted by Crippen LogP contribution is 2.41. The number of H-pyrrole nitrogens is 1. The minimum atomic E-state index is -1.06. The van der Waals surface area contributed by atoms with E-state index in [0.29, 0.717) is 12.8 Å². The van der Waals surface area contributed by atoms with Crippen molar-refractivity contribution in [3.05, 3.63) is 71.4 Å². The predicted octanol–water partition coefficient (Wildman–Crippen LogP) is 4.35. The van der Waals surface area contributed by atoms with Crippen LogP contribution >= 0.6 is 0 Å². The van der Waals surface area contributed by atoms with Gasteiger partial charge in [-0.2, -0.15) is 0 Å². The summed E-state index contributed by atoms with van der Waals surface area (Å²) in [6, 6.07) is 14.9. The van der Waals surface area contributed by atoms with Gasteiger partial charge in [0.05, 0.1) is 11.8 Å². The molecule has 2 N–H and O–H groups in total. The second kappa shape index (κ2) is 11.7. The van der Waals surface area contributed by atoms with Gasteiger partial charge in [0, 0.05) is 36.6 Å². The van der Waals surface area contributed by atoms with E-state index in [0.717, 1.165) is 53.5 Å². The molecule has 1 amide bonds. The van der Waals surface area contributed by atoms with Crippen molar-refractivity contribution in [1.29, 1.82) is 0 Å². The Morgan fingerprint density at radius 3 is 2.32 bits per heavy atom. The minimum Gasteiger partial charge on any atom is -0.461 e. The molecule has 8 heteroatoms. The molecule has 0 radical (unpaired) electrons. The molecule has 5 rings (SSSR count). The first kappa shape index (κ1) is 28.9. The van der Waals surface area contributed by atoms with Crippen molar-refractivity contribution in [3.8, 4) is 0 Å². The van der Waals surface area contributed by atoms with E-state index >= 15 is 0 Å². The number of carbonyl (C=O) groups excluding carboxylic acids is 3. The molecule has 1 fully saturated rings. The van der Waals surface area contributed by atoms with Gasteiger partial charge >= 0.3 is 11.9 Å². The molecule has 1 aromatic heterocycles. The van der Waals surface area contributed by atoms with E-state index in [1.54, 1.807) is 0 Å². The number of hydrogen-bond acceptors (Lipinski definition) is 6. The summed E-state index contributed by atoms with van der Waals surface area (Å²) < 4.78 is 11.6. The van der Waals surface area contributed by atoms with Crippen molar-refractivity contribution in [2.75, 3.05) is 20.1 Å². The van der Waals surface area contributed by atoms with E-state index in [2.05, 4.69) is 22.2 Å². The van der Waals surface area contributed by atoms with Crippen molar-refractivity contribution in [3.63, 3.8) is 0 Å². The summed E-state index contributed by atoms with van der Waals surface area (Å²) in [7, 11) is 2.06. The van der Waals surface area contributed by atoms with Gasteiger partial charge in [0.1, 0.15) is 17.7 Å². The van der Waals surface area contributed by atoms with E-state index in [1.807, 2.05) is 75.5 Å². The Balaban J connectivity index is 1.41. The third-order valence-corrected chi connectivity index (χ3v) is 8.20. The number of esters is 2. The average Bonchev–Trinajstić information content (AvgIpc) is 3.50. The molecule has 1 aliphatic heterocycles. The van der Waals surface area contributed by atoms with Crippen molar-refractivity contribution in [1.82, 2.24) is 15.2 Å². The molecule has 2 heterocycles. The standard InChI is InChI=1S/C33H41N3O5/c1-32(2,3)41-29(37)20-33(18-22-9-5-6-10-23(22)19-33)31(39)35-28(30(38)40-25-13-15-36(4)16-14-25)17-24-21-34-27-12-8-7-11-26(24)27/h5-12,21,25,28,34H,13-20H2,1-4H3,(H,35,39)/t28-/m0/s1. The lowest BCUT2D eigenvalue weighted by Gasteiger charge is -2.32. The molecule has 2 aliphatic rings. The number of aromatic nitrogens is 1. The number of likely N-dealkylation sites (tertiary alicyclic amines) is 1. The van der Waals surface area contributed by atoms with Crippen molar-refractivity contribution >= 4 is 28.7 Å². The molecule has 2 aromatic carbocycles. The molecule has 41 heavy (non-hydrogen) atoms. The van der Waals surface area contributed by atoms with Crippen LogP contribution in [0.5, 0.6) is 0 Å². The lowest BCUT2D eigenvalue weighted by molar-refractivity contribution is -0.161. The van der Waals surface area contributed by atoms with Crippen molar-refractivity contribution in [2.24, 2.45) is 5.41 Å². The molecule has 1 atom stereocenters. The van der Waals surface area contributed by atoms with Gasteiger partial charge in [0.15, 0.2) is 0 Å². The molecule has 0 spiro atoms. The zero-order valence-electron chi connectivity index (χ0n) is 24.5. The van der Waals surface area contributed by atoms with Crippen LogP contribution in [0.1, 0.15) is 56.7 Å². The molecule has 1 aliphatic carbocycles. The van der Waals surface area contributed by atoms with Gasteiger partial charge in [0.2, 0.25) is 5.91 Å². The number of hydrogen-bond donors (Lipinski definition) is 2. The first-order valence-electron chi connectivity index (χ1n) is 14.5. The van der Waals surface area contributed by atoms with Crippen molar-refractivity contribution < 1.29 is 23.9 Å². The summed E-state index contributed by atoms with van der Waals surface area (Å²) in [5.41, 5.74) is 2.22. The van der Waals surface area contributed by atoms with E-state index in [1.165, 1.54) is 0 Å². The van der Waals surface area contributed by atoms with E-state index < -0.39 is 29.0 Å². The van der Waals surface area contributed by atoms with Crippen LogP contribution in [0.15, 0.2) is 54.7 Å². The van der Waals surface area contributed by atoms with Crippen LogP contribution in [0.3, 0.4) is 0 Å². The van der Waals surface area contributed by atoms with Gasteiger partial charge in [-0.05, 0) is 76.3 Å². The molecular formula is C33H41N3O5. The van der Waals surface area contributed by atoms with Gasteiger partial charge in [-0.15, -0.1) is 0 Å². The molecule has 218 valence electrons. The average molecular weight is 560 g/mol. The number of para-hydroxylation sites is 1. The molecule has 8 nitrogen and oxygen atoms in total. The van der Waals surface area contributed by atoms with Crippen LogP contribution in [0, 0.1) is 5.41 Å². The Morgan fingerprint density at radius 1 is 1.02 bits per heavy atom. The van der Waals surface area contributed by atoms with E-state index in [-0.39, 0.29) is 24.9 Å². The third kappa shape index (κ3) is 6.81. The number of amides is 1. The predicted molar refractivity (Wildman–Crippen MR) is 157 cm³/mol. The van der Waals surface area contributed by atoms with Crippen LogP contribution in [-0.2, 0) is 43.1 Å². The summed E-state index contributed by atoms with van der Waals surface area (Å²) in [6.45, 7) is 7.16. The van der Waals surface area contributed by atoms with Crippen LogP contribution < -0.4 is 5.32 Å². The Bertz CT molecular complexity index is 1390. The number of rotatable bonds is 8. The number of piperidine rings is 1. The second-order valence-electron chi connectivity index (χ2n) is 12.7. The maximum atomic E-state index is 14.2. The normalized spacial score (nSPS) is 18.0. The monoisotopic (exact) mass is 559 g/mol. The number of benzene rings is 2. The highest BCUT2D eigenvalue weighted by atomic mass is 16.6. The van der Waals surface area contributed by atoms with Gasteiger partial charge in [-0.25, -0.2) is 4.79 Å². The van der Waals surface area contributed by atoms with Crippen LogP contribution in [0.2, 0.25) is 0 Å². The number of nitrogens with zero attached hydrogens (tertiary/aromatic N) is 1. The fourth-order valence-electron chi connectivity index (χ4n) is 6.09. The SMILES string of the molecule is CN1CCC(OC(=O)[C@H](Cc2c[nH]c3ccccc23)NC(=O)C2(CC(=O)OC(C)(C)C)Cc3ccccc3C2)CC1. The van der Waals surface area contributed by atoms with Crippen LogP contribution in [0.4, 0.5) is 0 Å². The Morgan fingerprint density at radius 2 is 1.66 bits per heavy atom. The lowest BCUT2D eigenvalue weighted by Crippen LogP contribution is -2.52. The van der Waals surface area contributed by atoms with Gasteiger partial charge in [0.25, 0.3) is 0 Å². The Kier molecular flexibility index (Phi) is 8.23. The minimum absolute atomic E-state index is 0.0748. The van der Waals surface area contributed by atoms with E-state index in [9.17, 15) is 14.4 Å². The summed E-state index contributed by atoms with van der Waals surface area (Å²) in [5.74, 6) is -1.20. The maximum absolute atomic E-state index is 14.2. The number of nitrogens with one attached hydrogen (secondary N) is 2. The molecule has 0 unspecified atom stereocenters. The number of carbonyl (C=O) groups is 3. The summed E-state index contributed by atoms with van der Waals surface area (Å²) in [6.07, 6.45) is 4.21. The fraction of sp³-hybridized carbons (Fsp3) is 0.485. The Hall–Kier alpha value is -3.65. The lowest BCUT2D eigenvalue weighted by atomic mass is 9.80. The zero-order chi connectivity index (χ0) is 29.2. The highest BCUT2D eigenvalue weighted by Gasteiger charge is 2.47. The van der Waals surface area contributed by atoms with Gasteiger partial charge < -0.3 is 24.7 Å². The highest BCUT2D eigenvalue weighted by molar-refractivity contribution is 5.93. The maximum Gasteiger partial charge on any atom is 0.329 e. The largest absolute Gasteiger partial charge is 0.461 e. The number of ether oxygens (including phenoxy) is 2. The Labute approximate surface area is 241 Å². The summed E-state index contributed by atoms with van der Waals surface area (Å²) in [4.78, 5) is 46.5.